The maximum atomic E-state index is 12.9. The maximum Gasteiger partial charge on any atom is 0.241 e. The molecule has 94 valence electrons. The molecule has 1 N–H and O–H groups in total. The molecule has 0 heterocycles. The highest BCUT2D eigenvalue weighted by molar-refractivity contribution is 9.10. The number of halogens is 2. The van der Waals surface area contributed by atoms with Gasteiger partial charge in [-0.25, -0.2) is 17.5 Å². The minimum atomic E-state index is -3.56. The van der Waals surface area contributed by atoms with E-state index in [2.05, 4.69) is 20.7 Å². The highest BCUT2D eigenvalue weighted by Crippen LogP contribution is 2.44. The monoisotopic (exact) mass is 321 g/mol. The van der Waals surface area contributed by atoms with Crippen molar-refractivity contribution in [3.8, 4) is 0 Å². The molecule has 0 aliphatic heterocycles. The van der Waals surface area contributed by atoms with Crippen LogP contribution in [0.1, 0.15) is 19.8 Å². The summed E-state index contributed by atoms with van der Waals surface area (Å²) in [4.78, 5) is 0.0724. The molecular formula is C11H13BrFNO2S. The van der Waals surface area contributed by atoms with Crippen molar-refractivity contribution in [1.82, 2.24) is 4.72 Å². The van der Waals surface area contributed by atoms with Crippen molar-refractivity contribution in [2.45, 2.75) is 24.7 Å². The van der Waals surface area contributed by atoms with Crippen molar-refractivity contribution in [3.05, 3.63) is 28.5 Å². The molecule has 0 atom stereocenters. The molecule has 17 heavy (non-hydrogen) atoms. The molecule has 1 saturated carbocycles. The van der Waals surface area contributed by atoms with Gasteiger partial charge in [0.1, 0.15) is 5.82 Å². The molecule has 0 spiro atoms. The van der Waals surface area contributed by atoms with E-state index >= 15 is 0 Å². The standard InChI is InChI=1S/C11H13BrFNO2S/c1-11(4-5-11)7-14-17(15,16)10-3-2-8(13)6-9(10)12/h2-3,6,14H,4-5,7H2,1H3. The number of hydrogen-bond acceptors (Lipinski definition) is 2. The van der Waals surface area contributed by atoms with Gasteiger partial charge in [-0.1, -0.05) is 6.92 Å². The van der Waals surface area contributed by atoms with E-state index in [9.17, 15) is 12.8 Å². The van der Waals surface area contributed by atoms with E-state index in [4.69, 9.17) is 0 Å². The first-order chi connectivity index (χ1) is 7.82. The second-order valence-corrected chi connectivity index (χ2v) is 7.30. The lowest BCUT2D eigenvalue weighted by molar-refractivity contribution is 0.530. The van der Waals surface area contributed by atoms with Crippen LogP contribution in [0.25, 0.3) is 0 Å². The Balaban J connectivity index is 2.19. The summed E-state index contributed by atoms with van der Waals surface area (Å²) >= 11 is 3.06. The van der Waals surface area contributed by atoms with Crippen LogP contribution in [0.4, 0.5) is 4.39 Å². The third-order valence-corrected chi connectivity index (χ3v) is 5.35. The summed E-state index contributed by atoms with van der Waals surface area (Å²) in [6.07, 6.45) is 2.08. The van der Waals surface area contributed by atoms with Crippen molar-refractivity contribution in [3.63, 3.8) is 0 Å². The second-order valence-electron chi connectivity index (χ2n) is 4.71. The van der Waals surface area contributed by atoms with Crippen molar-refractivity contribution < 1.29 is 12.8 Å². The fourth-order valence-electron chi connectivity index (χ4n) is 1.43. The fourth-order valence-corrected chi connectivity index (χ4v) is 3.68. The third kappa shape index (κ3) is 3.05. The van der Waals surface area contributed by atoms with E-state index in [0.29, 0.717) is 6.54 Å². The molecule has 1 aliphatic carbocycles. The molecule has 1 aliphatic rings. The van der Waals surface area contributed by atoms with E-state index < -0.39 is 15.8 Å². The summed E-state index contributed by atoms with van der Waals surface area (Å²) in [5.41, 5.74) is 0.0968. The van der Waals surface area contributed by atoms with E-state index in [1.165, 1.54) is 6.07 Å². The van der Waals surface area contributed by atoms with Crippen LogP contribution in [0.5, 0.6) is 0 Å². The molecular weight excluding hydrogens is 309 g/mol. The lowest BCUT2D eigenvalue weighted by Gasteiger charge is -2.11. The van der Waals surface area contributed by atoms with Gasteiger partial charge < -0.3 is 0 Å². The van der Waals surface area contributed by atoms with Crippen molar-refractivity contribution >= 4 is 26.0 Å². The third-order valence-electron chi connectivity index (χ3n) is 2.98. The molecule has 0 radical (unpaired) electrons. The van der Waals surface area contributed by atoms with Gasteiger partial charge in [0.25, 0.3) is 0 Å². The Kier molecular flexibility index (Phi) is 3.31. The topological polar surface area (TPSA) is 46.2 Å². The van der Waals surface area contributed by atoms with Crippen LogP contribution in [0.3, 0.4) is 0 Å². The molecule has 0 unspecified atom stereocenters. The zero-order chi connectivity index (χ0) is 12.7. The van der Waals surface area contributed by atoms with Crippen molar-refractivity contribution in [2.24, 2.45) is 5.41 Å². The molecule has 1 aromatic rings. The van der Waals surface area contributed by atoms with Gasteiger partial charge in [-0.2, -0.15) is 0 Å². The zero-order valence-electron chi connectivity index (χ0n) is 9.33. The molecule has 0 aromatic heterocycles. The zero-order valence-corrected chi connectivity index (χ0v) is 11.7. The van der Waals surface area contributed by atoms with Gasteiger partial charge in [0, 0.05) is 11.0 Å². The minimum Gasteiger partial charge on any atom is -0.211 e. The highest BCUT2D eigenvalue weighted by Gasteiger charge is 2.38. The predicted molar refractivity (Wildman–Crippen MR) is 66.6 cm³/mol. The normalized spacial score (nSPS) is 18.1. The Morgan fingerprint density at radius 3 is 2.65 bits per heavy atom. The molecule has 6 heteroatoms. The van der Waals surface area contributed by atoms with Crippen LogP contribution in [0.15, 0.2) is 27.6 Å². The Bertz CT molecular complexity index is 540. The van der Waals surface area contributed by atoms with Gasteiger partial charge in [-0.15, -0.1) is 0 Å². The minimum absolute atomic E-state index is 0.0724. The Morgan fingerprint density at radius 2 is 2.12 bits per heavy atom. The molecule has 1 aromatic carbocycles. The summed E-state index contributed by atoms with van der Waals surface area (Å²) in [6, 6.07) is 3.54. The number of hydrogen-bond donors (Lipinski definition) is 1. The van der Waals surface area contributed by atoms with Crippen LogP contribution in [0.2, 0.25) is 0 Å². The van der Waals surface area contributed by atoms with Gasteiger partial charge in [-0.3, -0.25) is 0 Å². The first kappa shape index (κ1) is 13.0. The SMILES string of the molecule is CC1(CNS(=O)(=O)c2ccc(F)cc2Br)CC1. The molecule has 2 rings (SSSR count). The van der Waals surface area contributed by atoms with E-state index in [0.717, 1.165) is 25.0 Å². The van der Waals surface area contributed by atoms with Crippen LogP contribution < -0.4 is 4.72 Å². The van der Waals surface area contributed by atoms with E-state index in [1.807, 2.05) is 6.92 Å². The van der Waals surface area contributed by atoms with Gasteiger partial charge in [0.2, 0.25) is 10.0 Å². The number of nitrogens with one attached hydrogen (secondary N) is 1. The molecule has 1 fully saturated rings. The van der Waals surface area contributed by atoms with Crippen LogP contribution >= 0.6 is 15.9 Å². The predicted octanol–water partition coefficient (Wildman–Crippen LogP) is 2.67. The van der Waals surface area contributed by atoms with Crippen LogP contribution in [-0.2, 0) is 10.0 Å². The number of benzene rings is 1. The highest BCUT2D eigenvalue weighted by atomic mass is 79.9. The number of rotatable bonds is 4. The summed E-state index contributed by atoms with van der Waals surface area (Å²) < 4.78 is 39.6. The van der Waals surface area contributed by atoms with Gasteiger partial charge in [-0.05, 0) is 52.4 Å². The van der Waals surface area contributed by atoms with E-state index in [-0.39, 0.29) is 14.8 Å². The molecule has 0 bridgehead atoms. The molecule has 0 amide bonds. The van der Waals surface area contributed by atoms with E-state index in [1.54, 1.807) is 0 Å². The average Bonchev–Trinajstić information content (AvgIpc) is 2.94. The summed E-state index contributed by atoms with van der Waals surface area (Å²) in [6.45, 7) is 2.47. The Morgan fingerprint density at radius 1 is 1.47 bits per heavy atom. The largest absolute Gasteiger partial charge is 0.241 e. The van der Waals surface area contributed by atoms with Crippen molar-refractivity contribution in [2.75, 3.05) is 6.54 Å². The Hall–Kier alpha value is -0.460. The lowest BCUT2D eigenvalue weighted by Crippen LogP contribution is -2.29. The molecule has 0 saturated heterocycles. The quantitative estimate of drug-likeness (QED) is 0.926. The summed E-state index contributed by atoms with van der Waals surface area (Å²) in [5, 5.41) is 0. The smallest absolute Gasteiger partial charge is 0.211 e. The first-order valence-corrected chi connectivity index (χ1v) is 7.55. The summed E-state index contributed by atoms with van der Waals surface area (Å²) in [7, 11) is -3.56. The van der Waals surface area contributed by atoms with Gasteiger partial charge in [0.05, 0.1) is 4.90 Å². The fraction of sp³-hybridized carbons (Fsp3) is 0.455. The number of sulfonamides is 1. The lowest BCUT2D eigenvalue weighted by atomic mass is 10.2. The average molecular weight is 322 g/mol. The summed E-state index contributed by atoms with van der Waals surface area (Å²) in [5.74, 6) is -0.468. The second kappa shape index (κ2) is 4.33. The van der Waals surface area contributed by atoms with Gasteiger partial charge in [0.15, 0.2) is 0 Å². The van der Waals surface area contributed by atoms with Crippen LogP contribution in [0, 0.1) is 11.2 Å². The Labute approximate surface area is 109 Å². The molecule has 3 nitrogen and oxygen atoms in total. The van der Waals surface area contributed by atoms with Crippen molar-refractivity contribution in [1.29, 1.82) is 0 Å². The van der Waals surface area contributed by atoms with Crippen LogP contribution in [-0.4, -0.2) is 15.0 Å². The van der Waals surface area contributed by atoms with Gasteiger partial charge >= 0.3 is 0 Å². The first-order valence-electron chi connectivity index (χ1n) is 5.27. The maximum absolute atomic E-state index is 12.9.